The molecule has 4 heteroatoms. The summed E-state index contributed by atoms with van der Waals surface area (Å²) in [7, 11) is 1.00. The molecular formula is C3H8ClNO2. The van der Waals surface area contributed by atoms with Crippen molar-refractivity contribution in [3.63, 3.8) is 0 Å². The molecule has 3 nitrogen and oxygen atoms in total. The first-order chi connectivity index (χ1) is 3.27. The van der Waals surface area contributed by atoms with E-state index in [9.17, 15) is 4.79 Å². The molecule has 0 bridgehead atoms. The van der Waals surface area contributed by atoms with Gasteiger partial charge in [0.25, 0.3) is 0 Å². The third-order valence-corrected chi connectivity index (χ3v) is 0.395. The third kappa shape index (κ3) is 26.8. The van der Waals surface area contributed by atoms with E-state index in [0.717, 1.165) is 7.11 Å². The van der Waals surface area contributed by atoms with E-state index in [1.807, 2.05) is 0 Å². The molecule has 0 rings (SSSR count). The fraction of sp³-hybridized carbons (Fsp3) is 0.667. The highest BCUT2D eigenvalue weighted by molar-refractivity contribution is 6.27. The highest BCUT2D eigenvalue weighted by Gasteiger charge is 1.79. The molecule has 0 saturated heterocycles. The number of nitrogens with two attached hydrogens (primary N) is 1. The van der Waals surface area contributed by atoms with Crippen LogP contribution < -0.4 is 5.73 Å². The van der Waals surface area contributed by atoms with Crippen LogP contribution in [-0.4, -0.2) is 24.0 Å². The van der Waals surface area contributed by atoms with Crippen LogP contribution in [0.2, 0.25) is 0 Å². The van der Waals surface area contributed by atoms with Crippen molar-refractivity contribution < 1.29 is 9.90 Å². The lowest BCUT2D eigenvalue weighted by atomic mass is 10.8. The fourth-order valence-electron chi connectivity index (χ4n) is 0. The van der Waals surface area contributed by atoms with E-state index in [4.69, 9.17) is 16.7 Å². The molecule has 0 aromatic carbocycles. The molecule has 0 atom stereocenters. The average molecular weight is 126 g/mol. The molecule has 0 heterocycles. The van der Waals surface area contributed by atoms with Crippen molar-refractivity contribution >= 4 is 17.5 Å². The van der Waals surface area contributed by atoms with Gasteiger partial charge in [0.15, 0.2) is 0 Å². The first-order valence-electron chi connectivity index (χ1n) is 1.56. The summed E-state index contributed by atoms with van der Waals surface area (Å²) in [5.74, 6) is -0.563. The Morgan fingerprint density at radius 2 is 2.00 bits per heavy atom. The molecule has 3 N–H and O–H groups in total. The molecule has 0 spiro atoms. The lowest BCUT2D eigenvalue weighted by Crippen LogP contribution is -2.10. The zero-order valence-electron chi connectivity index (χ0n) is 4.02. The number of carbonyl (C=O) groups excluding carboxylic acids is 1. The van der Waals surface area contributed by atoms with Gasteiger partial charge < -0.3 is 10.8 Å². The van der Waals surface area contributed by atoms with Crippen LogP contribution in [0.25, 0.3) is 0 Å². The largest absolute Gasteiger partial charge is 0.400 e. The number of aliphatic hydroxyl groups is 1. The predicted molar refractivity (Wildman–Crippen MR) is 28.1 cm³/mol. The molecule has 0 aromatic heterocycles. The van der Waals surface area contributed by atoms with E-state index in [1.54, 1.807) is 0 Å². The number of rotatable bonds is 1. The van der Waals surface area contributed by atoms with Gasteiger partial charge in [-0.05, 0) is 0 Å². The smallest absolute Gasteiger partial charge is 0.232 e. The quantitative estimate of drug-likeness (QED) is 0.456. The van der Waals surface area contributed by atoms with Crippen LogP contribution in [0.4, 0.5) is 0 Å². The van der Waals surface area contributed by atoms with Crippen molar-refractivity contribution in [2.75, 3.05) is 13.0 Å². The lowest BCUT2D eigenvalue weighted by Gasteiger charge is -1.71. The van der Waals surface area contributed by atoms with E-state index in [1.165, 1.54) is 0 Å². The van der Waals surface area contributed by atoms with Crippen molar-refractivity contribution in [3.05, 3.63) is 0 Å². The average Bonchev–Trinajstić information content (AvgIpc) is 1.73. The number of hydrogen-bond donors (Lipinski definition) is 2. The van der Waals surface area contributed by atoms with Crippen LogP contribution in [0, 0.1) is 0 Å². The molecule has 0 unspecified atom stereocenters. The molecule has 0 fully saturated rings. The van der Waals surface area contributed by atoms with E-state index in [-0.39, 0.29) is 5.88 Å². The summed E-state index contributed by atoms with van der Waals surface area (Å²) in [5, 5.41) is 7.00. The first kappa shape index (κ1) is 9.87. The van der Waals surface area contributed by atoms with Gasteiger partial charge in [-0.15, -0.1) is 11.6 Å². The molecule has 0 saturated carbocycles. The van der Waals surface area contributed by atoms with Gasteiger partial charge in [-0.3, -0.25) is 4.79 Å². The summed E-state index contributed by atoms with van der Waals surface area (Å²) in [6.45, 7) is 0. The van der Waals surface area contributed by atoms with Gasteiger partial charge >= 0.3 is 0 Å². The Kier molecular flexibility index (Phi) is 13.0. The fourth-order valence-corrected chi connectivity index (χ4v) is 0. The molecule has 44 valence electrons. The Labute approximate surface area is 47.1 Å². The van der Waals surface area contributed by atoms with E-state index in [0.29, 0.717) is 0 Å². The Morgan fingerprint density at radius 3 is 2.00 bits per heavy atom. The minimum absolute atomic E-state index is 0.0833. The van der Waals surface area contributed by atoms with Crippen LogP contribution >= 0.6 is 11.6 Å². The molecule has 0 aliphatic carbocycles. The molecule has 0 radical (unpaired) electrons. The number of primary amides is 1. The molecule has 0 aromatic rings. The zero-order valence-corrected chi connectivity index (χ0v) is 4.77. The van der Waals surface area contributed by atoms with Gasteiger partial charge in [0.05, 0.1) is 0 Å². The van der Waals surface area contributed by atoms with Crippen LogP contribution in [0.3, 0.4) is 0 Å². The monoisotopic (exact) mass is 125 g/mol. The highest BCUT2D eigenvalue weighted by Crippen LogP contribution is 1.64. The number of alkyl halides is 1. The maximum absolute atomic E-state index is 9.46. The number of hydrogen-bond acceptors (Lipinski definition) is 2. The molecule has 7 heavy (non-hydrogen) atoms. The topological polar surface area (TPSA) is 63.3 Å². The summed E-state index contributed by atoms with van der Waals surface area (Å²) < 4.78 is 0. The minimum Gasteiger partial charge on any atom is -0.400 e. The summed E-state index contributed by atoms with van der Waals surface area (Å²) in [6.07, 6.45) is 0. The van der Waals surface area contributed by atoms with Crippen molar-refractivity contribution in [2.24, 2.45) is 5.73 Å². The summed E-state index contributed by atoms with van der Waals surface area (Å²) in [6, 6.07) is 0. The number of carbonyl (C=O) groups is 1. The highest BCUT2D eigenvalue weighted by atomic mass is 35.5. The van der Waals surface area contributed by atoms with Crippen LogP contribution in [0.1, 0.15) is 0 Å². The standard InChI is InChI=1S/C2H4ClNO.CH4O/c3-1-2(4)5;1-2/h1H2,(H2,4,5);2H,1H3. The Balaban J connectivity index is 0. The lowest BCUT2D eigenvalue weighted by molar-refractivity contribution is -0.115. The van der Waals surface area contributed by atoms with Crippen LogP contribution in [-0.2, 0) is 4.79 Å². The van der Waals surface area contributed by atoms with Crippen LogP contribution in [0.15, 0.2) is 0 Å². The van der Waals surface area contributed by atoms with Gasteiger partial charge in [0.1, 0.15) is 5.88 Å². The Morgan fingerprint density at radius 1 is 1.86 bits per heavy atom. The maximum Gasteiger partial charge on any atom is 0.232 e. The first-order valence-corrected chi connectivity index (χ1v) is 2.10. The van der Waals surface area contributed by atoms with E-state index < -0.39 is 5.91 Å². The van der Waals surface area contributed by atoms with Gasteiger partial charge in [0.2, 0.25) is 5.91 Å². The van der Waals surface area contributed by atoms with Gasteiger partial charge in [-0.2, -0.15) is 0 Å². The van der Waals surface area contributed by atoms with Crippen molar-refractivity contribution in [3.8, 4) is 0 Å². The third-order valence-electron chi connectivity index (χ3n) is 0.132. The van der Waals surface area contributed by atoms with Crippen LogP contribution in [0.5, 0.6) is 0 Å². The second-order valence-electron chi connectivity index (χ2n) is 0.600. The summed E-state index contributed by atoms with van der Waals surface area (Å²) in [5.41, 5.74) is 4.52. The second-order valence-corrected chi connectivity index (χ2v) is 0.867. The summed E-state index contributed by atoms with van der Waals surface area (Å²) >= 11 is 4.86. The Hall–Kier alpha value is -0.280. The van der Waals surface area contributed by atoms with Crippen molar-refractivity contribution in [1.82, 2.24) is 0 Å². The summed E-state index contributed by atoms with van der Waals surface area (Å²) in [4.78, 5) is 9.46. The number of aliphatic hydroxyl groups excluding tert-OH is 1. The minimum atomic E-state index is -0.480. The SMILES string of the molecule is CO.NC(=O)CCl. The molecular weight excluding hydrogens is 117 g/mol. The maximum atomic E-state index is 9.46. The second kappa shape index (κ2) is 9.21. The van der Waals surface area contributed by atoms with E-state index in [2.05, 4.69) is 5.73 Å². The normalized spacial score (nSPS) is 6.14. The van der Waals surface area contributed by atoms with E-state index >= 15 is 0 Å². The molecule has 1 amide bonds. The van der Waals surface area contributed by atoms with Gasteiger partial charge in [-0.1, -0.05) is 0 Å². The van der Waals surface area contributed by atoms with Crippen molar-refractivity contribution in [2.45, 2.75) is 0 Å². The zero-order chi connectivity index (χ0) is 6.28. The van der Waals surface area contributed by atoms with Gasteiger partial charge in [-0.25, -0.2) is 0 Å². The molecule has 0 aliphatic heterocycles. The number of amides is 1. The predicted octanol–water partition coefficient (Wildman–Crippen LogP) is -0.681. The van der Waals surface area contributed by atoms with Crippen molar-refractivity contribution in [1.29, 1.82) is 0 Å². The number of halogens is 1. The Bertz CT molecular complexity index is 48.2. The van der Waals surface area contributed by atoms with Gasteiger partial charge in [0, 0.05) is 7.11 Å². The molecule has 0 aliphatic rings.